The maximum Gasteiger partial charge on any atom is 0.234 e. The van der Waals surface area contributed by atoms with Crippen molar-refractivity contribution in [1.82, 2.24) is 29.8 Å². The van der Waals surface area contributed by atoms with Gasteiger partial charge in [0.2, 0.25) is 5.91 Å². The Labute approximate surface area is 170 Å². The van der Waals surface area contributed by atoms with Crippen LogP contribution in [0.15, 0.2) is 72.4 Å². The molecule has 4 aromatic rings. The van der Waals surface area contributed by atoms with Crippen molar-refractivity contribution in [3.05, 3.63) is 67.3 Å². The highest BCUT2D eigenvalue weighted by Gasteiger charge is 2.10. The van der Waals surface area contributed by atoms with Gasteiger partial charge in [-0.2, -0.15) is 0 Å². The first-order valence-electron chi connectivity index (χ1n) is 8.67. The normalized spacial score (nSPS) is 10.7. The summed E-state index contributed by atoms with van der Waals surface area (Å²) in [6.45, 7) is 0. The molecule has 0 aliphatic rings. The number of hydrogen-bond acceptors (Lipinski definition) is 7. The molecule has 0 unspecified atom stereocenters. The Morgan fingerprint density at radius 3 is 2.55 bits per heavy atom. The lowest BCUT2D eigenvalue weighted by Gasteiger charge is -2.09. The van der Waals surface area contributed by atoms with Crippen molar-refractivity contribution >= 4 is 23.4 Å². The van der Waals surface area contributed by atoms with E-state index in [9.17, 15) is 4.79 Å². The van der Waals surface area contributed by atoms with Crippen molar-refractivity contribution < 1.29 is 9.53 Å². The minimum absolute atomic E-state index is 0.116. The van der Waals surface area contributed by atoms with Crippen molar-refractivity contribution in [2.24, 2.45) is 0 Å². The van der Waals surface area contributed by atoms with Crippen LogP contribution < -0.4 is 10.1 Å². The SMILES string of the molecule is COc1ccc(-n2ccnc2SCC(=O)Nc2ccc(-n3cnnn3)cc2)cc1. The number of benzene rings is 2. The zero-order valence-electron chi connectivity index (χ0n) is 15.5. The number of carbonyl (C=O) groups excluding carboxylic acids is 1. The van der Waals surface area contributed by atoms with Gasteiger partial charge in [0.1, 0.15) is 12.1 Å². The van der Waals surface area contributed by atoms with E-state index in [2.05, 4.69) is 25.8 Å². The molecular weight excluding hydrogens is 390 g/mol. The Kier molecular flexibility index (Phi) is 5.52. The monoisotopic (exact) mass is 407 g/mol. The minimum atomic E-state index is -0.116. The summed E-state index contributed by atoms with van der Waals surface area (Å²) in [6.07, 6.45) is 5.08. The number of nitrogens with one attached hydrogen (secondary N) is 1. The smallest absolute Gasteiger partial charge is 0.234 e. The lowest BCUT2D eigenvalue weighted by Crippen LogP contribution is -2.14. The second-order valence-corrected chi connectivity index (χ2v) is 6.86. The number of thioether (sulfide) groups is 1. The van der Waals surface area contributed by atoms with Crippen LogP contribution in [-0.4, -0.2) is 48.5 Å². The van der Waals surface area contributed by atoms with Crippen LogP contribution in [0.4, 0.5) is 5.69 Å². The van der Waals surface area contributed by atoms with E-state index >= 15 is 0 Å². The van der Waals surface area contributed by atoms with E-state index in [1.54, 1.807) is 30.1 Å². The number of carbonyl (C=O) groups is 1. The molecule has 0 bridgehead atoms. The van der Waals surface area contributed by atoms with Crippen LogP contribution in [0.2, 0.25) is 0 Å². The summed E-state index contributed by atoms with van der Waals surface area (Å²) in [5.41, 5.74) is 2.46. The van der Waals surface area contributed by atoms with Crippen molar-refractivity contribution in [1.29, 1.82) is 0 Å². The van der Waals surface area contributed by atoms with Crippen LogP contribution in [0.25, 0.3) is 11.4 Å². The third-order valence-corrected chi connectivity index (χ3v) is 5.02. The molecule has 0 saturated carbocycles. The highest BCUT2D eigenvalue weighted by molar-refractivity contribution is 7.99. The maximum absolute atomic E-state index is 12.3. The van der Waals surface area contributed by atoms with Crippen molar-refractivity contribution in [2.75, 3.05) is 18.2 Å². The second-order valence-electron chi connectivity index (χ2n) is 5.92. The van der Waals surface area contributed by atoms with Crippen LogP contribution in [0, 0.1) is 0 Å². The maximum atomic E-state index is 12.3. The second kappa shape index (κ2) is 8.57. The molecule has 0 aliphatic heterocycles. The summed E-state index contributed by atoms with van der Waals surface area (Å²) in [6, 6.07) is 14.9. The predicted octanol–water partition coefficient (Wildman–Crippen LogP) is 2.59. The number of tetrazole rings is 1. The molecule has 2 aromatic heterocycles. The van der Waals surface area contributed by atoms with Gasteiger partial charge >= 0.3 is 0 Å². The molecule has 9 nitrogen and oxygen atoms in total. The molecule has 0 aliphatic carbocycles. The lowest BCUT2D eigenvalue weighted by molar-refractivity contribution is -0.113. The van der Waals surface area contributed by atoms with E-state index in [4.69, 9.17) is 4.74 Å². The summed E-state index contributed by atoms with van der Waals surface area (Å²) in [7, 11) is 1.63. The molecular formula is C19H17N7O2S. The summed E-state index contributed by atoms with van der Waals surface area (Å²) >= 11 is 1.36. The molecule has 2 heterocycles. The molecule has 0 spiro atoms. The van der Waals surface area contributed by atoms with E-state index < -0.39 is 0 Å². The van der Waals surface area contributed by atoms with Gasteiger partial charge in [0.05, 0.1) is 18.6 Å². The lowest BCUT2D eigenvalue weighted by atomic mass is 10.3. The van der Waals surface area contributed by atoms with Gasteiger partial charge in [0.15, 0.2) is 5.16 Å². The fourth-order valence-corrected chi connectivity index (χ4v) is 3.41. The summed E-state index contributed by atoms with van der Waals surface area (Å²) in [5.74, 6) is 0.907. The van der Waals surface area contributed by atoms with E-state index in [1.807, 2.05) is 47.2 Å². The Balaban J connectivity index is 1.36. The number of rotatable bonds is 7. The highest BCUT2D eigenvalue weighted by Crippen LogP contribution is 2.22. The van der Waals surface area contributed by atoms with Gasteiger partial charge in [-0.25, -0.2) is 9.67 Å². The Hall–Kier alpha value is -3.66. The van der Waals surface area contributed by atoms with E-state index in [0.717, 1.165) is 22.3 Å². The number of nitrogens with zero attached hydrogens (tertiary/aromatic N) is 6. The van der Waals surface area contributed by atoms with Gasteiger partial charge in [-0.1, -0.05) is 11.8 Å². The third kappa shape index (κ3) is 4.43. The van der Waals surface area contributed by atoms with Gasteiger partial charge < -0.3 is 10.1 Å². The number of ether oxygens (including phenoxy) is 1. The molecule has 1 amide bonds. The molecule has 1 N–H and O–H groups in total. The number of methoxy groups -OCH3 is 1. The quantitative estimate of drug-likeness (QED) is 0.470. The van der Waals surface area contributed by atoms with Gasteiger partial charge in [-0.3, -0.25) is 9.36 Å². The molecule has 4 rings (SSSR count). The zero-order valence-corrected chi connectivity index (χ0v) is 16.3. The van der Waals surface area contributed by atoms with E-state index in [-0.39, 0.29) is 11.7 Å². The number of imidazole rings is 1. The van der Waals surface area contributed by atoms with Crippen molar-refractivity contribution in [2.45, 2.75) is 5.16 Å². The number of amides is 1. The number of anilines is 1. The summed E-state index contributed by atoms with van der Waals surface area (Å²) in [4.78, 5) is 16.7. The zero-order chi connectivity index (χ0) is 20.1. The van der Waals surface area contributed by atoms with Gasteiger partial charge in [0.25, 0.3) is 0 Å². The average Bonchev–Trinajstić information content (AvgIpc) is 3.45. The van der Waals surface area contributed by atoms with Crippen LogP contribution in [0.1, 0.15) is 0 Å². The highest BCUT2D eigenvalue weighted by atomic mass is 32.2. The van der Waals surface area contributed by atoms with Gasteiger partial charge in [0, 0.05) is 23.8 Å². The van der Waals surface area contributed by atoms with Crippen LogP contribution in [-0.2, 0) is 4.79 Å². The standard InChI is InChI=1S/C19H17N7O2S/c1-28-17-8-6-15(7-9-17)25-11-10-20-19(25)29-12-18(27)22-14-2-4-16(5-3-14)26-13-21-23-24-26/h2-11,13H,12H2,1H3,(H,22,27). The molecule has 2 aromatic carbocycles. The van der Waals surface area contributed by atoms with Crippen molar-refractivity contribution in [3.8, 4) is 17.1 Å². The minimum Gasteiger partial charge on any atom is -0.497 e. The van der Waals surface area contributed by atoms with E-state index in [1.165, 1.54) is 18.1 Å². The average molecular weight is 407 g/mol. The van der Waals surface area contributed by atoms with Gasteiger partial charge in [-0.15, -0.1) is 5.10 Å². The molecule has 0 atom stereocenters. The molecule has 0 radical (unpaired) electrons. The van der Waals surface area contributed by atoms with Crippen LogP contribution in [0.5, 0.6) is 5.75 Å². The first kappa shape index (κ1) is 18.7. The van der Waals surface area contributed by atoms with E-state index in [0.29, 0.717) is 5.69 Å². The first-order valence-corrected chi connectivity index (χ1v) is 9.65. The Morgan fingerprint density at radius 2 is 1.86 bits per heavy atom. The predicted molar refractivity (Wildman–Crippen MR) is 109 cm³/mol. The largest absolute Gasteiger partial charge is 0.497 e. The van der Waals surface area contributed by atoms with Crippen LogP contribution in [0.3, 0.4) is 0 Å². The fourth-order valence-electron chi connectivity index (χ4n) is 2.64. The fraction of sp³-hybridized carbons (Fsp3) is 0.105. The topological polar surface area (TPSA) is 99.8 Å². The summed E-state index contributed by atoms with van der Waals surface area (Å²) in [5, 5.41) is 14.6. The Morgan fingerprint density at radius 1 is 1.10 bits per heavy atom. The molecule has 10 heteroatoms. The van der Waals surface area contributed by atoms with Crippen molar-refractivity contribution in [3.63, 3.8) is 0 Å². The number of aromatic nitrogens is 6. The molecule has 0 saturated heterocycles. The third-order valence-electron chi connectivity index (χ3n) is 4.05. The molecule has 146 valence electrons. The Bertz CT molecular complexity index is 1080. The molecule has 29 heavy (non-hydrogen) atoms. The number of hydrogen-bond donors (Lipinski definition) is 1. The molecule has 0 fully saturated rings. The first-order chi connectivity index (χ1) is 14.2. The van der Waals surface area contributed by atoms with Gasteiger partial charge in [-0.05, 0) is 59.0 Å². The summed E-state index contributed by atoms with van der Waals surface area (Å²) < 4.78 is 8.66. The van der Waals surface area contributed by atoms with Crippen LogP contribution >= 0.6 is 11.8 Å².